The summed E-state index contributed by atoms with van der Waals surface area (Å²) >= 11 is 0. The third kappa shape index (κ3) is 7.56. The summed E-state index contributed by atoms with van der Waals surface area (Å²) in [6.45, 7) is 4.77. The zero-order valence-corrected chi connectivity index (χ0v) is 15.1. The van der Waals surface area contributed by atoms with Gasteiger partial charge in [0.25, 0.3) is 0 Å². The molecule has 0 aliphatic heterocycles. The molecule has 0 saturated carbocycles. The number of methoxy groups -OCH3 is 2. The van der Waals surface area contributed by atoms with Gasteiger partial charge < -0.3 is 24.8 Å². The van der Waals surface area contributed by atoms with Gasteiger partial charge in [0.15, 0.2) is 0 Å². The fourth-order valence-electron chi connectivity index (χ4n) is 2.34. The molecular weight excluding hydrogens is 316 g/mol. The molecular formula is C20H28N2O3. The van der Waals surface area contributed by atoms with Crippen LogP contribution >= 0.6 is 0 Å². The Morgan fingerprint density at radius 2 is 1.04 bits per heavy atom. The number of hydrogen-bond acceptors (Lipinski definition) is 5. The van der Waals surface area contributed by atoms with Gasteiger partial charge in [-0.15, -0.1) is 0 Å². The summed E-state index contributed by atoms with van der Waals surface area (Å²) in [4.78, 5) is 0. The van der Waals surface area contributed by atoms with Crippen molar-refractivity contribution in [3.8, 4) is 11.5 Å². The Kier molecular flexibility index (Phi) is 8.83. The normalized spacial score (nSPS) is 10.6. The largest absolute Gasteiger partial charge is 0.497 e. The molecule has 0 bridgehead atoms. The third-order valence-electron chi connectivity index (χ3n) is 3.82. The lowest BCUT2D eigenvalue weighted by molar-refractivity contribution is 0.137. The molecule has 2 N–H and O–H groups in total. The molecule has 136 valence electrons. The second kappa shape index (κ2) is 11.5. The van der Waals surface area contributed by atoms with Crippen molar-refractivity contribution in [1.29, 1.82) is 0 Å². The Hall–Kier alpha value is -2.08. The van der Waals surface area contributed by atoms with Gasteiger partial charge >= 0.3 is 0 Å². The average molecular weight is 344 g/mol. The molecule has 0 fully saturated rings. The molecule has 0 heterocycles. The Morgan fingerprint density at radius 1 is 0.640 bits per heavy atom. The van der Waals surface area contributed by atoms with Crippen LogP contribution in [0.5, 0.6) is 11.5 Å². The molecule has 0 saturated heterocycles. The van der Waals surface area contributed by atoms with Gasteiger partial charge in [0.05, 0.1) is 27.4 Å². The van der Waals surface area contributed by atoms with Gasteiger partial charge in [-0.3, -0.25) is 0 Å². The molecule has 0 spiro atoms. The monoisotopic (exact) mass is 344 g/mol. The molecule has 2 rings (SSSR count). The van der Waals surface area contributed by atoms with Gasteiger partial charge in [0.2, 0.25) is 0 Å². The topological polar surface area (TPSA) is 51.8 Å². The van der Waals surface area contributed by atoms with Crippen molar-refractivity contribution in [2.45, 2.75) is 13.1 Å². The van der Waals surface area contributed by atoms with Crippen molar-refractivity contribution < 1.29 is 14.2 Å². The van der Waals surface area contributed by atoms with Gasteiger partial charge in [0, 0.05) is 26.2 Å². The van der Waals surface area contributed by atoms with Crippen LogP contribution in [0.4, 0.5) is 0 Å². The summed E-state index contributed by atoms with van der Waals surface area (Å²) in [7, 11) is 3.35. The summed E-state index contributed by atoms with van der Waals surface area (Å²) in [5.74, 6) is 1.77. The molecule has 0 radical (unpaired) electrons. The van der Waals surface area contributed by atoms with Crippen LogP contribution in [0.25, 0.3) is 0 Å². The first kappa shape index (κ1) is 19.2. The van der Waals surface area contributed by atoms with Crippen molar-refractivity contribution in [3.05, 3.63) is 59.7 Å². The number of nitrogens with one attached hydrogen (secondary N) is 2. The predicted octanol–water partition coefficient (Wildman–Crippen LogP) is 2.60. The predicted molar refractivity (Wildman–Crippen MR) is 100 cm³/mol. The summed E-state index contributed by atoms with van der Waals surface area (Å²) in [6, 6.07) is 16.2. The van der Waals surface area contributed by atoms with E-state index in [0.29, 0.717) is 13.2 Å². The first-order valence-electron chi connectivity index (χ1n) is 8.57. The Labute approximate surface area is 150 Å². The summed E-state index contributed by atoms with van der Waals surface area (Å²) in [5, 5.41) is 6.74. The minimum Gasteiger partial charge on any atom is -0.497 e. The maximum atomic E-state index is 5.62. The fourth-order valence-corrected chi connectivity index (χ4v) is 2.34. The van der Waals surface area contributed by atoms with E-state index in [9.17, 15) is 0 Å². The molecule has 0 atom stereocenters. The van der Waals surface area contributed by atoms with Crippen LogP contribution in [0, 0.1) is 0 Å². The molecule has 2 aromatic rings. The van der Waals surface area contributed by atoms with Crippen molar-refractivity contribution >= 4 is 0 Å². The summed E-state index contributed by atoms with van der Waals surface area (Å²) in [6.07, 6.45) is 0. The molecule has 0 aromatic heterocycles. The number of hydrogen-bond donors (Lipinski definition) is 2. The van der Waals surface area contributed by atoms with Gasteiger partial charge in [-0.25, -0.2) is 0 Å². The number of rotatable bonds is 12. The minimum absolute atomic E-state index is 0.709. The van der Waals surface area contributed by atoms with E-state index < -0.39 is 0 Å². The maximum absolute atomic E-state index is 5.62. The van der Waals surface area contributed by atoms with Crippen LogP contribution in [0.2, 0.25) is 0 Å². The van der Waals surface area contributed by atoms with Gasteiger partial charge in [0.1, 0.15) is 11.5 Å². The highest BCUT2D eigenvalue weighted by Gasteiger charge is 1.96. The fraction of sp³-hybridized carbons (Fsp3) is 0.400. The van der Waals surface area contributed by atoms with Crippen LogP contribution < -0.4 is 20.1 Å². The lowest BCUT2D eigenvalue weighted by Gasteiger charge is -2.08. The highest BCUT2D eigenvalue weighted by Crippen LogP contribution is 2.11. The second-order valence-electron chi connectivity index (χ2n) is 5.66. The molecule has 5 heteroatoms. The Balaban J connectivity index is 1.45. The standard InChI is InChI=1S/C20H28N2O3/c1-23-19-7-3-17(4-8-19)15-21-11-13-25-14-12-22-16-18-5-9-20(24-2)10-6-18/h3-10,21-22H,11-16H2,1-2H3. The lowest BCUT2D eigenvalue weighted by Crippen LogP contribution is -2.23. The first-order valence-corrected chi connectivity index (χ1v) is 8.57. The number of ether oxygens (including phenoxy) is 3. The van der Waals surface area contributed by atoms with Crippen LogP contribution in [0.3, 0.4) is 0 Å². The quantitative estimate of drug-likeness (QED) is 0.580. The summed E-state index contributed by atoms with van der Waals surface area (Å²) in [5.41, 5.74) is 2.48. The van der Waals surface area contributed by atoms with Crippen molar-refractivity contribution in [2.75, 3.05) is 40.5 Å². The van der Waals surface area contributed by atoms with E-state index >= 15 is 0 Å². The summed E-state index contributed by atoms with van der Waals surface area (Å²) < 4.78 is 15.9. The van der Waals surface area contributed by atoms with Crippen LogP contribution in [-0.4, -0.2) is 40.5 Å². The van der Waals surface area contributed by atoms with Crippen LogP contribution in [0.1, 0.15) is 11.1 Å². The SMILES string of the molecule is COc1ccc(CNCCOCCNCc2ccc(OC)cc2)cc1. The maximum Gasteiger partial charge on any atom is 0.118 e. The molecule has 5 nitrogen and oxygen atoms in total. The van der Waals surface area contributed by atoms with E-state index in [1.807, 2.05) is 24.3 Å². The van der Waals surface area contributed by atoms with E-state index in [4.69, 9.17) is 14.2 Å². The Bertz CT molecular complexity index is 531. The molecule has 0 aliphatic rings. The molecule has 2 aromatic carbocycles. The second-order valence-corrected chi connectivity index (χ2v) is 5.66. The van der Waals surface area contributed by atoms with Gasteiger partial charge in [-0.2, -0.15) is 0 Å². The van der Waals surface area contributed by atoms with Gasteiger partial charge in [-0.1, -0.05) is 24.3 Å². The third-order valence-corrected chi connectivity index (χ3v) is 3.82. The molecule has 0 amide bonds. The van der Waals surface area contributed by atoms with E-state index in [1.165, 1.54) is 11.1 Å². The van der Waals surface area contributed by atoms with E-state index in [1.54, 1.807) is 14.2 Å². The lowest BCUT2D eigenvalue weighted by atomic mass is 10.2. The van der Waals surface area contributed by atoms with E-state index in [-0.39, 0.29) is 0 Å². The van der Waals surface area contributed by atoms with Crippen LogP contribution in [-0.2, 0) is 17.8 Å². The van der Waals surface area contributed by atoms with Gasteiger partial charge in [-0.05, 0) is 35.4 Å². The number of benzene rings is 2. The molecule has 0 aliphatic carbocycles. The zero-order chi connectivity index (χ0) is 17.7. The van der Waals surface area contributed by atoms with Crippen molar-refractivity contribution in [3.63, 3.8) is 0 Å². The van der Waals surface area contributed by atoms with Crippen LogP contribution in [0.15, 0.2) is 48.5 Å². The first-order chi connectivity index (χ1) is 12.3. The Morgan fingerprint density at radius 3 is 1.40 bits per heavy atom. The highest BCUT2D eigenvalue weighted by molar-refractivity contribution is 5.27. The smallest absolute Gasteiger partial charge is 0.118 e. The highest BCUT2D eigenvalue weighted by atomic mass is 16.5. The van der Waals surface area contributed by atoms with E-state index in [2.05, 4.69) is 34.9 Å². The minimum atomic E-state index is 0.709. The van der Waals surface area contributed by atoms with E-state index in [0.717, 1.165) is 37.7 Å². The molecule has 0 unspecified atom stereocenters. The average Bonchev–Trinajstić information content (AvgIpc) is 2.67. The van der Waals surface area contributed by atoms with Crippen molar-refractivity contribution in [1.82, 2.24) is 10.6 Å². The van der Waals surface area contributed by atoms with Crippen molar-refractivity contribution in [2.24, 2.45) is 0 Å². The molecule has 25 heavy (non-hydrogen) atoms. The zero-order valence-electron chi connectivity index (χ0n) is 15.1.